The van der Waals surface area contributed by atoms with E-state index >= 15 is 0 Å². The van der Waals surface area contributed by atoms with Crippen LogP contribution in [0.1, 0.15) is 32.6 Å². The molecule has 0 aromatic heterocycles. The van der Waals surface area contributed by atoms with Crippen LogP contribution in [0.3, 0.4) is 0 Å². The molecule has 0 aliphatic rings. The maximum Gasteiger partial charge on any atom is 0.224 e. The van der Waals surface area contributed by atoms with Crippen LogP contribution in [0.5, 0.6) is 0 Å². The molecule has 2 nitrogen and oxygen atoms in total. The van der Waals surface area contributed by atoms with Crippen LogP contribution in [0.2, 0.25) is 0 Å². The van der Waals surface area contributed by atoms with Crippen molar-refractivity contribution in [3.05, 3.63) is 37.6 Å². The number of nitrogens with one attached hydrogen (secondary N) is 1. The highest BCUT2D eigenvalue weighted by Gasteiger charge is 1.97. The molecular formula is C13H21NO. The lowest BCUT2D eigenvalue weighted by Gasteiger charge is -2.04. The van der Waals surface area contributed by atoms with E-state index in [0.717, 1.165) is 19.3 Å². The van der Waals surface area contributed by atoms with Crippen molar-refractivity contribution >= 4 is 5.91 Å². The van der Waals surface area contributed by atoms with Gasteiger partial charge >= 0.3 is 0 Å². The van der Waals surface area contributed by atoms with Crippen molar-refractivity contribution in [1.29, 1.82) is 0 Å². The van der Waals surface area contributed by atoms with E-state index in [0.29, 0.717) is 12.3 Å². The number of carbonyl (C=O) groups excluding carboxylic acids is 1. The molecule has 0 aliphatic carbocycles. The Labute approximate surface area is 92.8 Å². The van der Waals surface area contributed by atoms with E-state index in [4.69, 9.17) is 0 Å². The van der Waals surface area contributed by atoms with Gasteiger partial charge in [-0.1, -0.05) is 25.2 Å². The molecule has 0 aromatic carbocycles. The van der Waals surface area contributed by atoms with Crippen LogP contribution in [0.15, 0.2) is 37.6 Å². The minimum atomic E-state index is 0.0396. The molecule has 0 radical (unpaired) electrons. The zero-order chi connectivity index (χ0) is 11.5. The molecular weight excluding hydrogens is 186 g/mol. The van der Waals surface area contributed by atoms with Gasteiger partial charge in [-0.2, -0.15) is 0 Å². The van der Waals surface area contributed by atoms with Crippen molar-refractivity contribution < 1.29 is 4.79 Å². The smallest absolute Gasteiger partial charge is 0.224 e. The second-order valence-corrected chi connectivity index (χ2v) is 3.44. The monoisotopic (exact) mass is 207 g/mol. The first-order chi connectivity index (χ1) is 7.24. The summed E-state index contributed by atoms with van der Waals surface area (Å²) < 4.78 is 0. The normalized spacial score (nSPS) is 12.3. The van der Waals surface area contributed by atoms with Gasteiger partial charge in [-0.15, -0.1) is 13.2 Å². The first kappa shape index (κ1) is 13.7. The molecule has 1 amide bonds. The summed E-state index contributed by atoms with van der Waals surface area (Å²) in [4.78, 5) is 11.2. The summed E-state index contributed by atoms with van der Waals surface area (Å²) in [5.74, 6) is 0.545. The minimum absolute atomic E-state index is 0.0396. The minimum Gasteiger partial charge on any atom is -0.333 e. The largest absolute Gasteiger partial charge is 0.333 e. The van der Waals surface area contributed by atoms with Gasteiger partial charge in [0, 0.05) is 6.42 Å². The van der Waals surface area contributed by atoms with Gasteiger partial charge in [0.15, 0.2) is 0 Å². The summed E-state index contributed by atoms with van der Waals surface area (Å²) in [6.45, 7) is 9.45. The van der Waals surface area contributed by atoms with Gasteiger partial charge in [-0.05, 0) is 31.4 Å². The van der Waals surface area contributed by atoms with Gasteiger partial charge in [0.05, 0.1) is 0 Å². The predicted octanol–water partition coefficient (Wildman–Crippen LogP) is 3.18. The third-order valence-electron chi connectivity index (χ3n) is 2.23. The number of hydrogen-bond acceptors (Lipinski definition) is 1. The van der Waals surface area contributed by atoms with E-state index in [1.54, 1.807) is 12.3 Å². The first-order valence-electron chi connectivity index (χ1n) is 5.42. The predicted molar refractivity (Wildman–Crippen MR) is 65.3 cm³/mol. The molecule has 0 heterocycles. The average molecular weight is 207 g/mol. The molecule has 0 saturated heterocycles. The molecule has 15 heavy (non-hydrogen) atoms. The number of allylic oxidation sites excluding steroid dienone is 3. The van der Waals surface area contributed by atoms with Crippen LogP contribution >= 0.6 is 0 Å². The number of rotatable bonds is 8. The van der Waals surface area contributed by atoms with Crippen LogP contribution in [0, 0.1) is 5.92 Å². The van der Waals surface area contributed by atoms with Crippen molar-refractivity contribution in [3.63, 3.8) is 0 Å². The lowest BCUT2D eigenvalue weighted by Crippen LogP contribution is -2.15. The summed E-state index contributed by atoms with van der Waals surface area (Å²) >= 11 is 0. The zero-order valence-corrected chi connectivity index (χ0v) is 9.54. The van der Waals surface area contributed by atoms with Crippen LogP contribution in [-0.4, -0.2) is 5.91 Å². The van der Waals surface area contributed by atoms with Crippen LogP contribution in [0.4, 0.5) is 0 Å². The third-order valence-corrected chi connectivity index (χ3v) is 2.23. The Kier molecular flexibility index (Phi) is 8.44. The lowest BCUT2D eigenvalue weighted by atomic mass is 10.0. The lowest BCUT2D eigenvalue weighted by molar-refractivity contribution is -0.120. The summed E-state index contributed by atoms with van der Waals surface area (Å²) in [7, 11) is 0. The zero-order valence-electron chi connectivity index (χ0n) is 9.54. The van der Waals surface area contributed by atoms with Crippen LogP contribution in [-0.2, 0) is 4.79 Å². The van der Waals surface area contributed by atoms with E-state index in [-0.39, 0.29) is 5.91 Å². The van der Waals surface area contributed by atoms with Gasteiger partial charge in [0.2, 0.25) is 5.91 Å². The second-order valence-electron chi connectivity index (χ2n) is 3.44. The summed E-state index contributed by atoms with van der Waals surface area (Å²) in [5.41, 5.74) is 0. The molecule has 0 unspecified atom stereocenters. The Morgan fingerprint density at radius 3 is 2.73 bits per heavy atom. The van der Waals surface area contributed by atoms with E-state index in [1.165, 1.54) is 0 Å². The Morgan fingerprint density at radius 2 is 2.20 bits per heavy atom. The number of amides is 1. The summed E-state index contributed by atoms with van der Waals surface area (Å²) in [6.07, 6.45) is 10.6. The molecule has 0 saturated carbocycles. The van der Waals surface area contributed by atoms with Crippen molar-refractivity contribution in [2.45, 2.75) is 32.6 Å². The fraction of sp³-hybridized carbons (Fsp3) is 0.462. The second kappa shape index (κ2) is 9.25. The topological polar surface area (TPSA) is 29.1 Å². The molecule has 0 aromatic rings. The Balaban J connectivity index is 3.64. The number of hydrogen-bond donors (Lipinski definition) is 1. The van der Waals surface area contributed by atoms with E-state index < -0.39 is 0 Å². The standard InChI is InChI=1S/C13H21NO/c1-4-7-10-13(15)14-11-8-9-12(5-2)6-3/h4-5,8,11-12H,1-2,6-7,9-10H2,3H3,(H,14,15)/b11-8+/t12-/m0/s1. The van der Waals surface area contributed by atoms with Gasteiger partial charge < -0.3 is 5.32 Å². The van der Waals surface area contributed by atoms with Crippen molar-refractivity contribution in [1.82, 2.24) is 5.32 Å². The Morgan fingerprint density at radius 1 is 1.47 bits per heavy atom. The highest BCUT2D eigenvalue weighted by molar-refractivity contribution is 5.76. The van der Waals surface area contributed by atoms with Crippen molar-refractivity contribution in [2.75, 3.05) is 0 Å². The molecule has 0 fully saturated rings. The summed E-state index contributed by atoms with van der Waals surface area (Å²) in [6, 6.07) is 0. The Bertz CT molecular complexity index is 231. The van der Waals surface area contributed by atoms with Crippen LogP contribution in [0.25, 0.3) is 0 Å². The van der Waals surface area contributed by atoms with Crippen LogP contribution < -0.4 is 5.32 Å². The maximum absolute atomic E-state index is 11.2. The maximum atomic E-state index is 11.2. The Hall–Kier alpha value is -1.31. The average Bonchev–Trinajstić information content (AvgIpc) is 2.26. The molecule has 1 N–H and O–H groups in total. The molecule has 0 bridgehead atoms. The van der Waals surface area contributed by atoms with Crippen molar-refractivity contribution in [3.8, 4) is 0 Å². The molecule has 84 valence electrons. The summed E-state index contributed by atoms with van der Waals surface area (Å²) in [5, 5.41) is 2.72. The van der Waals surface area contributed by atoms with Crippen molar-refractivity contribution in [2.24, 2.45) is 5.92 Å². The molecule has 1 atom stereocenters. The molecule has 0 aliphatic heterocycles. The highest BCUT2D eigenvalue weighted by Crippen LogP contribution is 2.08. The van der Waals surface area contributed by atoms with Gasteiger partial charge in [0.1, 0.15) is 0 Å². The fourth-order valence-electron chi connectivity index (χ4n) is 1.13. The molecule has 0 rings (SSSR count). The first-order valence-corrected chi connectivity index (χ1v) is 5.42. The van der Waals surface area contributed by atoms with Gasteiger partial charge in [-0.25, -0.2) is 0 Å². The van der Waals surface area contributed by atoms with E-state index in [9.17, 15) is 4.79 Å². The molecule has 2 heteroatoms. The van der Waals surface area contributed by atoms with E-state index in [2.05, 4.69) is 25.4 Å². The quantitative estimate of drug-likeness (QED) is 0.608. The van der Waals surface area contributed by atoms with E-state index in [1.807, 2.05) is 12.2 Å². The fourth-order valence-corrected chi connectivity index (χ4v) is 1.13. The SMILES string of the molecule is C=CCCC(=O)N/C=C/C[C@@H](C=C)CC. The third kappa shape index (κ3) is 7.74. The number of carbonyl (C=O) groups is 1. The van der Waals surface area contributed by atoms with Gasteiger partial charge in [-0.3, -0.25) is 4.79 Å². The van der Waals surface area contributed by atoms with Gasteiger partial charge in [0.25, 0.3) is 0 Å². The highest BCUT2D eigenvalue weighted by atomic mass is 16.1. The molecule has 0 spiro atoms.